The van der Waals surface area contributed by atoms with Gasteiger partial charge in [-0.3, -0.25) is 0 Å². The van der Waals surface area contributed by atoms with Crippen LogP contribution in [0.4, 0.5) is 17.6 Å². The number of methoxy groups -OCH3 is 1. The minimum atomic E-state index is -1.78. The van der Waals surface area contributed by atoms with Crippen LogP contribution in [0.2, 0.25) is 0 Å². The predicted molar refractivity (Wildman–Crippen MR) is 112 cm³/mol. The molecule has 8 nitrogen and oxygen atoms in total. The first-order chi connectivity index (χ1) is 13.4. The molecular formula is C17H22Cl3N7O. The summed E-state index contributed by atoms with van der Waals surface area (Å²) >= 11 is 18.0. The van der Waals surface area contributed by atoms with Gasteiger partial charge in [-0.2, -0.15) is 15.0 Å². The molecule has 11 heteroatoms. The number of likely N-dealkylation sites (tertiary alicyclic amines) is 1. The van der Waals surface area contributed by atoms with E-state index in [0.29, 0.717) is 30.1 Å². The molecule has 0 bridgehead atoms. The van der Waals surface area contributed by atoms with Gasteiger partial charge in [0.25, 0.3) is 0 Å². The second-order valence-electron chi connectivity index (χ2n) is 6.48. The fraction of sp³-hybridized carbons (Fsp3) is 0.529. The lowest BCUT2D eigenvalue weighted by molar-refractivity contribution is 0.301. The number of aromatic nitrogens is 4. The van der Waals surface area contributed by atoms with Crippen LogP contribution >= 0.6 is 34.8 Å². The Kier molecular flexibility index (Phi) is 6.98. The Hall–Kier alpha value is -1.61. The van der Waals surface area contributed by atoms with E-state index in [1.807, 2.05) is 0 Å². The van der Waals surface area contributed by atoms with Gasteiger partial charge in [0, 0.05) is 18.8 Å². The first-order valence-corrected chi connectivity index (χ1v) is 10.0. The van der Waals surface area contributed by atoms with Crippen LogP contribution in [0.25, 0.3) is 0 Å². The number of alkyl halides is 3. The molecule has 1 saturated heterocycles. The zero-order chi connectivity index (χ0) is 20.1. The third-order valence-electron chi connectivity index (χ3n) is 4.53. The summed E-state index contributed by atoms with van der Waals surface area (Å²) in [7, 11) is 3.67. The summed E-state index contributed by atoms with van der Waals surface area (Å²) in [6.07, 6.45) is 5.02. The van der Waals surface area contributed by atoms with Crippen LogP contribution in [0.1, 0.15) is 25.1 Å². The van der Waals surface area contributed by atoms with Crippen molar-refractivity contribution in [3.05, 3.63) is 24.2 Å². The maximum Gasteiger partial charge on any atom is 0.250 e. The van der Waals surface area contributed by atoms with Crippen molar-refractivity contribution in [3.63, 3.8) is 0 Å². The standard InChI is InChI=1S/C17H22Cl3N7O/c1-27-10-4-5-11(27)7-9-22-15-24-14(17(18,19)20)25-16(26-15)23-12-6-3-8-21-13(12)28-2/h3,6,8,11H,4-5,7,9-10H2,1-2H3,(H2,22,23,24,25,26). The Morgan fingerprint density at radius 3 is 2.71 bits per heavy atom. The number of halogens is 3. The number of nitrogens with zero attached hydrogens (tertiary/aromatic N) is 5. The van der Waals surface area contributed by atoms with E-state index in [4.69, 9.17) is 39.5 Å². The summed E-state index contributed by atoms with van der Waals surface area (Å²) < 4.78 is 3.46. The van der Waals surface area contributed by atoms with E-state index in [-0.39, 0.29) is 11.8 Å². The van der Waals surface area contributed by atoms with Gasteiger partial charge < -0.3 is 20.3 Å². The average molecular weight is 447 g/mol. The molecule has 0 saturated carbocycles. The van der Waals surface area contributed by atoms with Gasteiger partial charge in [0.15, 0.2) is 5.82 Å². The second kappa shape index (κ2) is 9.26. The van der Waals surface area contributed by atoms with Crippen LogP contribution in [0.3, 0.4) is 0 Å². The normalized spacial score (nSPS) is 17.5. The predicted octanol–water partition coefficient (Wildman–Crippen LogP) is 3.74. The molecule has 28 heavy (non-hydrogen) atoms. The van der Waals surface area contributed by atoms with Crippen molar-refractivity contribution in [2.45, 2.75) is 29.1 Å². The number of anilines is 3. The highest BCUT2D eigenvalue weighted by molar-refractivity contribution is 6.66. The SMILES string of the molecule is COc1ncccc1Nc1nc(NCCC2CCCN2C)nc(C(Cl)(Cl)Cl)n1. The molecule has 2 aromatic rings. The van der Waals surface area contributed by atoms with Gasteiger partial charge >= 0.3 is 0 Å². The Bertz CT molecular complexity index is 803. The molecular weight excluding hydrogens is 425 g/mol. The van der Waals surface area contributed by atoms with E-state index in [2.05, 4.69) is 42.5 Å². The molecule has 0 aromatic carbocycles. The molecule has 0 radical (unpaired) electrons. The fourth-order valence-electron chi connectivity index (χ4n) is 3.10. The van der Waals surface area contributed by atoms with Gasteiger partial charge in [-0.05, 0) is 45.0 Å². The highest BCUT2D eigenvalue weighted by atomic mass is 35.6. The summed E-state index contributed by atoms with van der Waals surface area (Å²) in [6.45, 7) is 1.84. The molecule has 1 aliphatic rings. The Labute approximate surface area is 179 Å². The zero-order valence-corrected chi connectivity index (χ0v) is 17.9. The number of nitrogens with one attached hydrogen (secondary N) is 2. The van der Waals surface area contributed by atoms with Crippen LogP contribution in [0, 0.1) is 0 Å². The quantitative estimate of drug-likeness (QED) is 0.622. The van der Waals surface area contributed by atoms with Crippen molar-refractivity contribution < 1.29 is 4.74 Å². The Morgan fingerprint density at radius 2 is 2.04 bits per heavy atom. The first kappa shape index (κ1) is 21.1. The molecule has 1 atom stereocenters. The van der Waals surface area contributed by atoms with Crippen LogP contribution in [-0.2, 0) is 3.79 Å². The highest BCUT2D eigenvalue weighted by Gasteiger charge is 2.29. The molecule has 1 aliphatic heterocycles. The van der Waals surface area contributed by atoms with Crippen molar-refractivity contribution in [2.24, 2.45) is 0 Å². The van der Waals surface area contributed by atoms with E-state index < -0.39 is 3.79 Å². The molecule has 0 spiro atoms. The number of pyridine rings is 1. The minimum absolute atomic E-state index is 0.0262. The van der Waals surface area contributed by atoms with Gasteiger partial charge in [-0.25, -0.2) is 4.98 Å². The lowest BCUT2D eigenvalue weighted by Crippen LogP contribution is -2.27. The molecule has 0 aliphatic carbocycles. The molecule has 2 aromatic heterocycles. The highest BCUT2D eigenvalue weighted by Crippen LogP contribution is 2.37. The monoisotopic (exact) mass is 445 g/mol. The summed E-state index contributed by atoms with van der Waals surface area (Å²) in [5.74, 6) is 0.987. The summed E-state index contributed by atoms with van der Waals surface area (Å²) in [5.41, 5.74) is 0.588. The van der Waals surface area contributed by atoms with E-state index in [1.165, 1.54) is 20.0 Å². The van der Waals surface area contributed by atoms with Gasteiger partial charge in [0.2, 0.25) is 21.6 Å². The number of hydrogen-bond donors (Lipinski definition) is 2. The zero-order valence-electron chi connectivity index (χ0n) is 15.6. The van der Waals surface area contributed by atoms with Crippen LogP contribution in [0.5, 0.6) is 5.88 Å². The lowest BCUT2D eigenvalue weighted by atomic mass is 10.1. The largest absolute Gasteiger partial charge is 0.480 e. The van der Waals surface area contributed by atoms with Gasteiger partial charge in [0.1, 0.15) is 5.69 Å². The summed E-state index contributed by atoms with van der Waals surface area (Å²) in [4.78, 5) is 19.3. The molecule has 1 unspecified atom stereocenters. The minimum Gasteiger partial charge on any atom is -0.480 e. The van der Waals surface area contributed by atoms with E-state index in [1.54, 1.807) is 18.3 Å². The fourth-order valence-corrected chi connectivity index (χ4v) is 3.35. The third-order valence-corrected chi connectivity index (χ3v) is 5.04. The molecule has 2 N–H and O–H groups in total. The summed E-state index contributed by atoms with van der Waals surface area (Å²) in [6, 6.07) is 4.10. The Morgan fingerprint density at radius 1 is 1.25 bits per heavy atom. The number of ether oxygens (including phenoxy) is 1. The van der Waals surface area contributed by atoms with Crippen LogP contribution < -0.4 is 15.4 Å². The second-order valence-corrected chi connectivity index (χ2v) is 8.76. The van der Waals surface area contributed by atoms with E-state index >= 15 is 0 Å². The third kappa shape index (κ3) is 5.47. The molecule has 152 valence electrons. The van der Waals surface area contributed by atoms with E-state index in [0.717, 1.165) is 13.0 Å². The van der Waals surface area contributed by atoms with Gasteiger partial charge in [-0.1, -0.05) is 34.8 Å². The summed E-state index contributed by atoms with van der Waals surface area (Å²) in [5, 5.41) is 6.25. The smallest absolute Gasteiger partial charge is 0.250 e. The molecule has 1 fully saturated rings. The maximum absolute atomic E-state index is 6.00. The Balaban J connectivity index is 1.77. The average Bonchev–Trinajstić information content (AvgIpc) is 3.06. The van der Waals surface area contributed by atoms with Gasteiger partial charge in [-0.15, -0.1) is 0 Å². The first-order valence-electron chi connectivity index (χ1n) is 8.90. The topological polar surface area (TPSA) is 88.1 Å². The number of hydrogen-bond acceptors (Lipinski definition) is 8. The van der Waals surface area contributed by atoms with Gasteiger partial charge in [0.05, 0.1) is 7.11 Å². The lowest BCUT2D eigenvalue weighted by Gasteiger charge is -2.19. The molecule has 0 amide bonds. The van der Waals surface area contributed by atoms with Crippen molar-refractivity contribution in [3.8, 4) is 5.88 Å². The van der Waals surface area contributed by atoms with Crippen molar-refractivity contribution in [2.75, 3.05) is 37.9 Å². The van der Waals surface area contributed by atoms with Crippen molar-refractivity contribution in [1.82, 2.24) is 24.8 Å². The number of rotatable bonds is 7. The van der Waals surface area contributed by atoms with E-state index in [9.17, 15) is 0 Å². The van der Waals surface area contributed by atoms with Crippen LogP contribution in [0.15, 0.2) is 18.3 Å². The maximum atomic E-state index is 6.00. The van der Waals surface area contributed by atoms with Crippen molar-refractivity contribution >= 4 is 52.4 Å². The molecule has 3 heterocycles. The van der Waals surface area contributed by atoms with Crippen LogP contribution in [-0.4, -0.2) is 58.1 Å². The molecule has 3 rings (SSSR count). The van der Waals surface area contributed by atoms with Crippen molar-refractivity contribution in [1.29, 1.82) is 0 Å².